The summed E-state index contributed by atoms with van der Waals surface area (Å²) in [5.74, 6) is -0.623. The second-order valence-electron chi connectivity index (χ2n) is 8.79. The molecule has 1 heterocycles. The van der Waals surface area contributed by atoms with Gasteiger partial charge in [-0.25, -0.2) is 0 Å². The van der Waals surface area contributed by atoms with Gasteiger partial charge in [0.25, 0.3) is 0 Å². The van der Waals surface area contributed by atoms with Gasteiger partial charge in [0.2, 0.25) is 5.91 Å². The summed E-state index contributed by atoms with van der Waals surface area (Å²) in [5.41, 5.74) is 2.82. The maximum absolute atomic E-state index is 13.1. The number of carbonyl (C=O) groups is 2. The van der Waals surface area contributed by atoms with Gasteiger partial charge in [0.05, 0.1) is 12.3 Å². The second-order valence-corrected chi connectivity index (χ2v) is 8.79. The van der Waals surface area contributed by atoms with Crippen LogP contribution in [0.15, 0.2) is 54.6 Å². The maximum Gasteiger partial charge on any atom is 0.307 e. The minimum absolute atomic E-state index is 0.0699. The molecule has 2 aromatic carbocycles. The van der Waals surface area contributed by atoms with Crippen molar-refractivity contribution in [1.82, 2.24) is 4.90 Å². The Morgan fingerprint density at radius 3 is 2.10 bits per heavy atom. The van der Waals surface area contributed by atoms with E-state index in [-0.39, 0.29) is 24.2 Å². The van der Waals surface area contributed by atoms with Crippen molar-refractivity contribution in [2.24, 2.45) is 5.92 Å². The van der Waals surface area contributed by atoms with Crippen molar-refractivity contribution < 1.29 is 14.3 Å². The summed E-state index contributed by atoms with van der Waals surface area (Å²) in [5, 5.41) is 0. The van der Waals surface area contributed by atoms with Gasteiger partial charge in [-0.15, -0.1) is 0 Å². The molecule has 29 heavy (non-hydrogen) atoms. The molecule has 0 aromatic heterocycles. The van der Waals surface area contributed by atoms with Crippen molar-refractivity contribution in [3.8, 4) is 11.1 Å². The van der Waals surface area contributed by atoms with Crippen LogP contribution >= 0.6 is 0 Å². The first-order valence-corrected chi connectivity index (χ1v) is 10.5. The van der Waals surface area contributed by atoms with Crippen LogP contribution in [0.4, 0.5) is 0 Å². The predicted molar refractivity (Wildman–Crippen MR) is 115 cm³/mol. The van der Waals surface area contributed by atoms with Crippen LogP contribution in [0, 0.1) is 5.92 Å². The number of ether oxygens (including phenoxy) is 1. The third-order valence-electron chi connectivity index (χ3n) is 5.14. The smallest absolute Gasteiger partial charge is 0.307 e. The van der Waals surface area contributed by atoms with Gasteiger partial charge < -0.3 is 9.64 Å². The molecule has 4 nitrogen and oxygen atoms in total. The summed E-state index contributed by atoms with van der Waals surface area (Å²) in [7, 11) is 0. The molecule has 154 valence electrons. The zero-order chi connectivity index (χ0) is 20.9. The number of hydrogen-bond donors (Lipinski definition) is 0. The van der Waals surface area contributed by atoms with Crippen LogP contribution in [-0.4, -0.2) is 35.5 Å². The molecule has 1 saturated heterocycles. The zero-order valence-electron chi connectivity index (χ0n) is 17.7. The van der Waals surface area contributed by atoms with E-state index in [0.717, 1.165) is 42.6 Å². The molecule has 1 fully saturated rings. The van der Waals surface area contributed by atoms with Crippen molar-refractivity contribution in [3.05, 3.63) is 60.2 Å². The van der Waals surface area contributed by atoms with Crippen molar-refractivity contribution in [1.29, 1.82) is 0 Å². The lowest BCUT2D eigenvalue weighted by atomic mass is 9.93. The molecule has 0 N–H and O–H groups in total. The standard InChI is InChI=1S/C25H31NO3/c1-25(2,3)29-23(27)18-22(24(28)26-15-7-8-16-26)17-19-11-13-21(14-12-19)20-9-5-4-6-10-20/h4-6,9-14,22H,7-8,15-18H2,1-3H3/t22-/m1/s1. The Balaban J connectivity index is 1.73. The number of esters is 1. The van der Waals surface area contributed by atoms with Crippen molar-refractivity contribution in [3.63, 3.8) is 0 Å². The Morgan fingerprint density at radius 1 is 0.931 bits per heavy atom. The van der Waals surface area contributed by atoms with E-state index in [1.807, 2.05) is 43.9 Å². The highest BCUT2D eigenvalue weighted by atomic mass is 16.6. The maximum atomic E-state index is 13.1. The monoisotopic (exact) mass is 393 g/mol. The lowest BCUT2D eigenvalue weighted by Gasteiger charge is -2.25. The Hall–Kier alpha value is -2.62. The van der Waals surface area contributed by atoms with Gasteiger partial charge in [-0.3, -0.25) is 9.59 Å². The van der Waals surface area contributed by atoms with E-state index in [9.17, 15) is 9.59 Å². The SMILES string of the molecule is CC(C)(C)OC(=O)C[C@@H](Cc1ccc(-c2ccccc2)cc1)C(=O)N1CCCC1. The van der Waals surface area contributed by atoms with Gasteiger partial charge in [0.15, 0.2) is 0 Å². The largest absolute Gasteiger partial charge is 0.460 e. The number of likely N-dealkylation sites (tertiary alicyclic amines) is 1. The van der Waals surface area contributed by atoms with Crippen LogP contribution in [0.1, 0.15) is 45.6 Å². The van der Waals surface area contributed by atoms with Gasteiger partial charge in [0.1, 0.15) is 5.60 Å². The first kappa shape index (κ1) is 21.1. The molecule has 1 atom stereocenters. The quantitative estimate of drug-likeness (QED) is 0.658. The molecule has 0 bridgehead atoms. The molecule has 0 spiro atoms. The summed E-state index contributed by atoms with van der Waals surface area (Å²) < 4.78 is 5.49. The van der Waals surface area contributed by atoms with E-state index in [4.69, 9.17) is 4.74 Å². The molecule has 0 saturated carbocycles. The zero-order valence-corrected chi connectivity index (χ0v) is 17.7. The average molecular weight is 394 g/mol. The molecule has 0 aliphatic carbocycles. The van der Waals surface area contributed by atoms with Gasteiger partial charge in [-0.1, -0.05) is 54.6 Å². The third-order valence-corrected chi connectivity index (χ3v) is 5.14. The highest BCUT2D eigenvalue weighted by Crippen LogP contribution is 2.24. The van der Waals surface area contributed by atoms with Crippen LogP contribution in [0.2, 0.25) is 0 Å². The summed E-state index contributed by atoms with van der Waals surface area (Å²) in [6.07, 6.45) is 2.74. The Labute approximate surface area is 173 Å². The van der Waals surface area contributed by atoms with E-state index in [1.165, 1.54) is 0 Å². The fraction of sp³-hybridized carbons (Fsp3) is 0.440. The Kier molecular flexibility index (Phi) is 6.73. The molecule has 0 radical (unpaired) electrons. The second kappa shape index (κ2) is 9.25. The lowest BCUT2D eigenvalue weighted by Crippen LogP contribution is -2.37. The summed E-state index contributed by atoms with van der Waals surface area (Å²) in [6, 6.07) is 18.5. The molecule has 2 aromatic rings. The number of carbonyl (C=O) groups excluding carboxylic acids is 2. The Bertz CT molecular complexity index is 815. The van der Waals surface area contributed by atoms with Gasteiger partial charge in [0, 0.05) is 13.1 Å². The lowest BCUT2D eigenvalue weighted by molar-refractivity contribution is -0.158. The van der Waals surface area contributed by atoms with E-state index < -0.39 is 5.60 Å². The van der Waals surface area contributed by atoms with Crippen molar-refractivity contribution >= 4 is 11.9 Å². The van der Waals surface area contributed by atoms with E-state index in [0.29, 0.717) is 6.42 Å². The van der Waals surface area contributed by atoms with Crippen LogP contribution in [0.5, 0.6) is 0 Å². The topological polar surface area (TPSA) is 46.6 Å². The summed E-state index contributed by atoms with van der Waals surface area (Å²) in [4.78, 5) is 27.4. The van der Waals surface area contributed by atoms with E-state index in [1.54, 1.807) is 0 Å². The normalized spacial score (nSPS) is 15.2. The molecular formula is C25H31NO3. The molecule has 3 rings (SSSR count). The number of rotatable bonds is 6. The van der Waals surface area contributed by atoms with Gasteiger partial charge in [-0.2, -0.15) is 0 Å². The van der Waals surface area contributed by atoms with Crippen LogP contribution in [-0.2, 0) is 20.7 Å². The fourth-order valence-corrected chi connectivity index (χ4v) is 3.78. The van der Waals surface area contributed by atoms with Gasteiger partial charge >= 0.3 is 5.97 Å². The highest BCUT2D eigenvalue weighted by Gasteiger charge is 2.30. The third kappa shape index (κ3) is 6.18. The molecular weight excluding hydrogens is 362 g/mol. The fourth-order valence-electron chi connectivity index (χ4n) is 3.78. The first-order valence-electron chi connectivity index (χ1n) is 10.5. The highest BCUT2D eigenvalue weighted by molar-refractivity contribution is 5.84. The minimum atomic E-state index is -0.546. The van der Waals surface area contributed by atoms with Crippen molar-refractivity contribution in [2.45, 2.75) is 52.1 Å². The van der Waals surface area contributed by atoms with Crippen LogP contribution in [0.3, 0.4) is 0 Å². The number of hydrogen-bond acceptors (Lipinski definition) is 3. The average Bonchev–Trinajstić information content (AvgIpc) is 3.21. The van der Waals surface area contributed by atoms with Gasteiger partial charge in [-0.05, 0) is 56.7 Å². The summed E-state index contributed by atoms with van der Waals surface area (Å²) in [6.45, 7) is 7.13. The first-order chi connectivity index (χ1) is 13.8. The number of amides is 1. The van der Waals surface area contributed by atoms with Crippen molar-refractivity contribution in [2.75, 3.05) is 13.1 Å². The number of nitrogens with zero attached hydrogens (tertiary/aromatic N) is 1. The van der Waals surface area contributed by atoms with Crippen LogP contribution in [0.25, 0.3) is 11.1 Å². The minimum Gasteiger partial charge on any atom is -0.460 e. The molecule has 1 amide bonds. The summed E-state index contributed by atoms with van der Waals surface area (Å²) >= 11 is 0. The molecule has 1 aliphatic heterocycles. The molecule has 4 heteroatoms. The molecule has 0 unspecified atom stereocenters. The van der Waals surface area contributed by atoms with Crippen LogP contribution < -0.4 is 0 Å². The molecule has 1 aliphatic rings. The van der Waals surface area contributed by atoms with E-state index >= 15 is 0 Å². The van der Waals surface area contributed by atoms with E-state index in [2.05, 4.69) is 36.4 Å². The predicted octanol–water partition coefficient (Wildman–Crippen LogP) is 4.87. The Morgan fingerprint density at radius 2 is 1.52 bits per heavy atom. The number of benzene rings is 2.